The molecule has 1 aliphatic carbocycles. The van der Waals surface area contributed by atoms with Gasteiger partial charge in [-0.15, -0.1) is 0 Å². The van der Waals surface area contributed by atoms with Gasteiger partial charge in [-0.3, -0.25) is 19.9 Å². The van der Waals surface area contributed by atoms with Gasteiger partial charge < -0.3 is 5.32 Å². The van der Waals surface area contributed by atoms with Crippen molar-refractivity contribution in [3.8, 4) is 0 Å². The number of carbonyl (C=O) groups is 1. The highest BCUT2D eigenvalue weighted by Crippen LogP contribution is 2.42. The van der Waals surface area contributed by atoms with Crippen molar-refractivity contribution in [2.45, 2.75) is 38.0 Å². The zero-order valence-corrected chi connectivity index (χ0v) is 15.6. The smallest absolute Gasteiger partial charge is 0.269 e. The number of non-ortho nitro benzene ring substituents is 1. The topological polar surface area (TPSA) is 85.1 Å². The summed E-state index contributed by atoms with van der Waals surface area (Å²) in [6.07, 6.45) is 3.37. The molecule has 1 heterocycles. The number of hydrogen-bond donors (Lipinski definition) is 1. The van der Waals surface area contributed by atoms with E-state index in [1.54, 1.807) is 12.1 Å². The lowest BCUT2D eigenvalue weighted by atomic mass is 9.78. The summed E-state index contributed by atoms with van der Waals surface area (Å²) in [6.45, 7) is 1.92. The van der Waals surface area contributed by atoms with Crippen molar-refractivity contribution in [3.63, 3.8) is 0 Å². The molecule has 0 atom stereocenters. The molecule has 0 spiro atoms. The Balaban J connectivity index is 1.70. The minimum Gasteiger partial charge on any atom is -0.323 e. The van der Waals surface area contributed by atoms with E-state index >= 15 is 0 Å². The first-order valence-corrected chi connectivity index (χ1v) is 9.42. The van der Waals surface area contributed by atoms with Gasteiger partial charge in [0.05, 0.1) is 21.5 Å². The first-order valence-electron chi connectivity index (χ1n) is 9.42. The second kappa shape index (κ2) is 7.03. The van der Waals surface area contributed by atoms with Gasteiger partial charge >= 0.3 is 0 Å². The van der Waals surface area contributed by atoms with Gasteiger partial charge in [-0.1, -0.05) is 43.2 Å². The molecule has 2 aromatic carbocycles. The summed E-state index contributed by atoms with van der Waals surface area (Å²) in [5, 5.41) is 15.0. The molecule has 1 amide bonds. The first-order chi connectivity index (χ1) is 13.5. The van der Waals surface area contributed by atoms with Gasteiger partial charge in [0.25, 0.3) is 5.69 Å². The molecule has 3 aromatic rings. The zero-order valence-electron chi connectivity index (χ0n) is 15.6. The zero-order chi connectivity index (χ0) is 19.7. The van der Waals surface area contributed by atoms with Crippen LogP contribution in [0.15, 0.2) is 54.6 Å². The molecule has 4 rings (SSSR count). The molecule has 6 nitrogen and oxygen atoms in total. The average molecular weight is 375 g/mol. The van der Waals surface area contributed by atoms with E-state index in [1.807, 2.05) is 37.3 Å². The summed E-state index contributed by atoms with van der Waals surface area (Å²) in [5.41, 5.74) is 2.55. The molecule has 142 valence electrons. The van der Waals surface area contributed by atoms with E-state index in [-0.39, 0.29) is 11.6 Å². The molecule has 1 aromatic heterocycles. The Morgan fingerprint density at radius 3 is 2.46 bits per heavy atom. The van der Waals surface area contributed by atoms with Crippen molar-refractivity contribution >= 4 is 28.2 Å². The molecular formula is C22H21N3O3. The van der Waals surface area contributed by atoms with Crippen LogP contribution in [0.1, 0.15) is 36.9 Å². The number of nitro benzene ring substituents is 1. The van der Waals surface area contributed by atoms with Crippen LogP contribution in [-0.2, 0) is 10.2 Å². The van der Waals surface area contributed by atoms with Crippen LogP contribution < -0.4 is 5.32 Å². The van der Waals surface area contributed by atoms with Crippen molar-refractivity contribution in [1.82, 2.24) is 4.98 Å². The monoisotopic (exact) mass is 375 g/mol. The van der Waals surface area contributed by atoms with Crippen LogP contribution in [0.4, 0.5) is 11.4 Å². The molecule has 0 unspecified atom stereocenters. The predicted molar refractivity (Wildman–Crippen MR) is 108 cm³/mol. The highest BCUT2D eigenvalue weighted by Gasteiger charge is 2.43. The summed E-state index contributed by atoms with van der Waals surface area (Å²) in [6, 6.07) is 16.1. The van der Waals surface area contributed by atoms with Crippen LogP contribution in [0.5, 0.6) is 0 Å². The largest absolute Gasteiger partial charge is 0.323 e. The molecule has 0 radical (unpaired) electrons. The molecule has 1 aliphatic rings. The van der Waals surface area contributed by atoms with Crippen molar-refractivity contribution < 1.29 is 9.72 Å². The normalized spacial score (nSPS) is 15.5. The van der Waals surface area contributed by atoms with E-state index < -0.39 is 10.3 Å². The number of benzene rings is 2. The number of amides is 1. The van der Waals surface area contributed by atoms with Gasteiger partial charge in [0.1, 0.15) is 0 Å². The van der Waals surface area contributed by atoms with Crippen molar-refractivity contribution in [2.75, 3.05) is 5.32 Å². The Labute approximate surface area is 162 Å². The number of para-hydroxylation sites is 1. The van der Waals surface area contributed by atoms with E-state index in [4.69, 9.17) is 0 Å². The fraction of sp³-hybridized carbons (Fsp3) is 0.273. The summed E-state index contributed by atoms with van der Waals surface area (Å²) >= 11 is 0. The van der Waals surface area contributed by atoms with Crippen LogP contribution >= 0.6 is 0 Å². The summed E-state index contributed by atoms with van der Waals surface area (Å²) in [4.78, 5) is 28.5. The number of aromatic nitrogens is 1. The lowest BCUT2D eigenvalue weighted by Crippen LogP contribution is -2.38. The number of nitrogens with one attached hydrogen (secondary N) is 1. The minimum absolute atomic E-state index is 0.0334. The van der Waals surface area contributed by atoms with Crippen LogP contribution in [0.25, 0.3) is 10.9 Å². The average Bonchev–Trinajstić information content (AvgIpc) is 3.20. The first kappa shape index (κ1) is 18.1. The third-order valence-electron chi connectivity index (χ3n) is 5.63. The second-order valence-corrected chi connectivity index (χ2v) is 7.38. The van der Waals surface area contributed by atoms with Gasteiger partial charge in [-0.05, 0) is 37.5 Å². The molecular weight excluding hydrogens is 354 g/mol. The SMILES string of the molecule is Cc1ccc2cccc(NC(=O)C3(c4ccc([N+](=O)[O-])cc4)CCCC3)c2n1. The van der Waals surface area contributed by atoms with Gasteiger partial charge in [-0.2, -0.15) is 0 Å². The van der Waals surface area contributed by atoms with Crippen LogP contribution in [0.2, 0.25) is 0 Å². The standard InChI is InChI=1S/C22H21N3O3/c1-15-7-8-16-5-4-6-19(20(16)23-15)24-21(26)22(13-2-3-14-22)17-9-11-18(12-10-17)25(27)28/h4-12H,2-3,13-14H2,1H3,(H,24,26). The summed E-state index contributed by atoms with van der Waals surface area (Å²) < 4.78 is 0. The number of fused-ring (bicyclic) bond motifs is 1. The van der Waals surface area contributed by atoms with E-state index in [1.165, 1.54) is 12.1 Å². The fourth-order valence-corrected chi connectivity index (χ4v) is 4.12. The maximum atomic E-state index is 13.4. The molecule has 28 heavy (non-hydrogen) atoms. The molecule has 0 bridgehead atoms. The van der Waals surface area contributed by atoms with E-state index in [2.05, 4.69) is 10.3 Å². The lowest BCUT2D eigenvalue weighted by Gasteiger charge is -2.28. The molecule has 1 fully saturated rings. The van der Waals surface area contributed by atoms with Gasteiger partial charge in [0, 0.05) is 23.2 Å². The Morgan fingerprint density at radius 1 is 1.07 bits per heavy atom. The van der Waals surface area contributed by atoms with E-state index in [0.29, 0.717) is 5.69 Å². The summed E-state index contributed by atoms with van der Waals surface area (Å²) in [5.74, 6) is -0.0744. The molecule has 6 heteroatoms. The third kappa shape index (κ3) is 3.11. The quantitative estimate of drug-likeness (QED) is 0.519. The molecule has 0 saturated heterocycles. The van der Waals surface area contributed by atoms with E-state index in [0.717, 1.165) is 47.8 Å². The lowest BCUT2D eigenvalue weighted by molar-refractivity contribution is -0.384. The van der Waals surface area contributed by atoms with Gasteiger partial charge in [0.15, 0.2) is 0 Å². The Bertz CT molecular complexity index is 1050. The maximum absolute atomic E-state index is 13.4. The second-order valence-electron chi connectivity index (χ2n) is 7.38. The third-order valence-corrected chi connectivity index (χ3v) is 5.63. The number of rotatable bonds is 4. The van der Waals surface area contributed by atoms with Crippen molar-refractivity contribution in [3.05, 3.63) is 76.0 Å². The van der Waals surface area contributed by atoms with Crippen LogP contribution in [0.3, 0.4) is 0 Å². The number of aryl methyl sites for hydroxylation is 1. The highest BCUT2D eigenvalue weighted by atomic mass is 16.6. The number of pyridine rings is 1. The van der Waals surface area contributed by atoms with Crippen LogP contribution in [-0.4, -0.2) is 15.8 Å². The molecule has 1 saturated carbocycles. The number of nitrogens with zero attached hydrogens (tertiary/aromatic N) is 2. The highest BCUT2D eigenvalue weighted by molar-refractivity contribution is 6.05. The van der Waals surface area contributed by atoms with Gasteiger partial charge in [0.2, 0.25) is 5.91 Å². The number of anilines is 1. The van der Waals surface area contributed by atoms with Crippen LogP contribution in [0, 0.1) is 17.0 Å². The molecule has 0 aliphatic heterocycles. The Morgan fingerprint density at radius 2 is 1.79 bits per heavy atom. The Kier molecular flexibility index (Phi) is 4.55. The Hall–Kier alpha value is -3.28. The fourth-order valence-electron chi connectivity index (χ4n) is 4.12. The number of nitro groups is 1. The van der Waals surface area contributed by atoms with Crippen molar-refractivity contribution in [2.24, 2.45) is 0 Å². The van der Waals surface area contributed by atoms with Crippen molar-refractivity contribution in [1.29, 1.82) is 0 Å². The van der Waals surface area contributed by atoms with E-state index in [9.17, 15) is 14.9 Å². The molecule has 1 N–H and O–H groups in total. The maximum Gasteiger partial charge on any atom is 0.269 e. The summed E-state index contributed by atoms with van der Waals surface area (Å²) in [7, 11) is 0. The van der Waals surface area contributed by atoms with Gasteiger partial charge in [-0.25, -0.2) is 0 Å². The predicted octanol–water partition coefficient (Wildman–Crippen LogP) is 4.90. The number of carbonyl (C=O) groups excluding carboxylic acids is 1. The number of hydrogen-bond acceptors (Lipinski definition) is 4. The minimum atomic E-state index is -0.666.